The Morgan fingerprint density at radius 3 is 2.75 bits per heavy atom. The standard InChI is InChI=1S/C8H9NO3/c1-5-2-6(4-9-3-5)7(10)8(11)12/h2-4,7,10H,1H3,(H,11,12). The van der Waals surface area contributed by atoms with Crippen LogP contribution in [-0.4, -0.2) is 21.2 Å². The van der Waals surface area contributed by atoms with Gasteiger partial charge < -0.3 is 10.2 Å². The Bertz CT molecular complexity index is 298. The minimum atomic E-state index is -1.47. The second-order valence-corrected chi connectivity index (χ2v) is 2.54. The van der Waals surface area contributed by atoms with Gasteiger partial charge in [0, 0.05) is 18.0 Å². The average Bonchev–Trinajstić information content (AvgIpc) is 2.03. The summed E-state index contributed by atoms with van der Waals surface area (Å²) in [5.74, 6) is -1.26. The summed E-state index contributed by atoms with van der Waals surface area (Å²) < 4.78 is 0. The fourth-order valence-electron chi connectivity index (χ4n) is 0.870. The van der Waals surface area contributed by atoms with Crippen LogP contribution in [0.3, 0.4) is 0 Å². The largest absolute Gasteiger partial charge is 0.479 e. The molecule has 1 atom stereocenters. The van der Waals surface area contributed by atoms with Crippen molar-refractivity contribution in [3.63, 3.8) is 0 Å². The first-order valence-electron chi connectivity index (χ1n) is 3.43. The van der Waals surface area contributed by atoms with Crippen LogP contribution in [0, 0.1) is 6.92 Å². The molecule has 4 heteroatoms. The van der Waals surface area contributed by atoms with Crippen LogP contribution in [0.15, 0.2) is 18.5 Å². The highest BCUT2D eigenvalue weighted by Gasteiger charge is 2.15. The summed E-state index contributed by atoms with van der Waals surface area (Å²) >= 11 is 0. The number of aromatic nitrogens is 1. The Morgan fingerprint density at radius 2 is 2.25 bits per heavy atom. The molecule has 4 nitrogen and oxygen atoms in total. The molecule has 1 aromatic rings. The van der Waals surface area contributed by atoms with Gasteiger partial charge in [0.25, 0.3) is 0 Å². The lowest BCUT2D eigenvalue weighted by Gasteiger charge is -2.04. The van der Waals surface area contributed by atoms with Crippen molar-refractivity contribution in [2.75, 3.05) is 0 Å². The Morgan fingerprint density at radius 1 is 1.58 bits per heavy atom. The van der Waals surface area contributed by atoms with Gasteiger partial charge in [-0.2, -0.15) is 0 Å². The molecule has 1 heterocycles. The third kappa shape index (κ3) is 1.79. The predicted molar refractivity (Wildman–Crippen MR) is 41.6 cm³/mol. The molecule has 0 radical (unpaired) electrons. The van der Waals surface area contributed by atoms with E-state index in [-0.39, 0.29) is 0 Å². The summed E-state index contributed by atoms with van der Waals surface area (Å²) in [6.07, 6.45) is 1.46. The van der Waals surface area contributed by atoms with Crippen molar-refractivity contribution in [2.24, 2.45) is 0 Å². The number of aliphatic hydroxyl groups is 1. The van der Waals surface area contributed by atoms with Gasteiger partial charge in [-0.25, -0.2) is 4.79 Å². The number of carboxylic acids is 1. The van der Waals surface area contributed by atoms with Crippen LogP contribution >= 0.6 is 0 Å². The van der Waals surface area contributed by atoms with Crippen LogP contribution in [0.5, 0.6) is 0 Å². The molecular formula is C8H9NO3. The van der Waals surface area contributed by atoms with Crippen LogP contribution < -0.4 is 0 Å². The molecule has 0 saturated heterocycles. The summed E-state index contributed by atoms with van der Waals surface area (Å²) in [6, 6.07) is 1.59. The molecule has 1 rings (SSSR count). The number of pyridine rings is 1. The second-order valence-electron chi connectivity index (χ2n) is 2.54. The molecule has 0 fully saturated rings. The van der Waals surface area contributed by atoms with E-state index < -0.39 is 12.1 Å². The predicted octanol–water partition coefficient (Wildman–Crippen LogP) is 0.508. The van der Waals surface area contributed by atoms with E-state index in [4.69, 9.17) is 10.2 Å². The summed E-state index contributed by atoms with van der Waals surface area (Å²) in [7, 11) is 0. The SMILES string of the molecule is Cc1cncc(C(O)C(=O)O)c1. The minimum Gasteiger partial charge on any atom is -0.479 e. The first kappa shape index (κ1) is 8.67. The van der Waals surface area contributed by atoms with E-state index in [2.05, 4.69) is 4.98 Å². The van der Waals surface area contributed by atoms with Crippen LogP contribution in [0.25, 0.3) is 0 Å². The molecule has 2 N–H and O–H groups in total. The quantitative estimate of drug-likeness (QED) is 0.673. The van der Waals surface area contributed by atoms with Crippen LogP contribution in [-0.2, 0) is 4.79 Å². The van der Waals surface area contributed by atoms with E-state index in [0.717, 1.165) is 5.56 Å². The zero-order chi connectivity index (χ0) is 9.14. The van der Waals surface area contributed by atoms with Crippen molar-refractivity contribution >= 4 is 5.97 Å². The van der Waals surface area contributed by atoms with Crippen LogP contribution in [0.2, 0.25) is 0 Å². The Kier molecular flexibility index (Phi) is 2.40. The van der Waals surface area contributed by atoms with Crippen molar-refractivity contribution in [3.8, 4) is 0 Å². The fourth-order valence-corrected chi connectivity index (χ4v) is 0.870. The molecule has 0 aliphatic heterocycles. The van der Waals surface area contributed by atoms with E-state index in [1.807, 2.05) is 0 Å². The molecule has 1 aromatic heterocycles. The summed E-state index contributed by atoms with van der Waals surface area (Å²) in [6.45, 7) is 1.78. The Balaban J connectivity index is 2.95. The number of carbonyl (C=O) groups is 1. The third-order valence-corrected chi connectivity index (χ3v) is 1.45. The van der Waals surface area contributed by atoms with Crippen LogP contribution in [0.4, 0.5) is 0 Å². The molecule has 0 aliphatic carbocycles. The van der Waals surface area contributed by atoms with Gasteiger partial charge in [0.1, 0.15) is 0 Å². The number of hydrogen-bond acceptors (Lipinski definition) is 3. The molecule has 0 amide bonds. The lowest BCUT2D eigenvalue weighted by atomic mass is 10.1. The molecule has 64 valence electrons. The fraction of sp³-hybridized carbons (Fsp3) is 0.250. The van der Waals surface area contributed by atoms with Crippen molar-refractivity contribution < 1.29 is 15.0 Å². The molecular weight excluding hydrogens is 158 g/mol. The molecule has 0 saturated carbocycles. The first-order chi connectivity index (χ1) is 5.61. The van der Waals surface area contributed by atoms with Gasteiger partial charge >= 0.3 is 5.97 Å². The molecule has 0 bridgehead atoms. The maximum atomic E-state index is 10.3. The van der Waals surface area contributed by atoms with Gasteiger partial charge in [-0.15, -0.1) is 0 Å². The van der Waals surface area contributed by atoms with E-state index in [9.17, 15) is 4.79 Å². The minimum absolute atomic E-state index is 0.308. The third-order valence-electron chi connectivity index (χ3n) is 1.45. The number of aryl methyl sites for hydroxylation is 1. The highest BCUT2D eigenvalue weighted by atomic mass is 16.4. The van der Waals surface area contributed by atoms with E-state index in [1.54, 1.807) is 19.2 Å². The zero-order valence-electron chi connectivity index (χ0n) is 6.56. The summed E-state index contributed by atoms with van der Waals surface area (Å²) in [5, 5.41) is 17.5. The van der Waals surface area contributed by atoms with Gasteiger partial charge in [-0.3, -0.25) is 4.98 Å². The topological polar surface area (TPSA) is 70.4 Å². The monoisotopic (exact) mass is 167 g/mol. The maximum Gasteiger partial charge on any atom is 0.337 e. The Labute approximate surface area is 69.5 Å². The average molecular weight is 167 g/mol. The van der Waals surface area contributed by atoms with Crippen molar-refractivity contribution in [3.05, 3.63) is 29.6 Å². The summed E-state index contributed by atoms with van der Waals surface area (Å²) in [4.78, 5) is 14.1. The summed E-state index contributed by atoms with van der Waals surface area (Å²) in [5.41, 5.74) is 1.13. The number of carboxylic acid groups (broad SMARTS) is 1. The maximum absolute atomic E-state index is 10.3. The zero-order valence-corrected chi connectivity index (χ0v) is 6.56. The van der Waals surface area contributed by atoms with E-state index in [1.165, 1.54) is 6.20 Å². The molecule has 0 spiro atoms. The smallest absolute Gasteiger partial charge is 0.337 e. The normalized spacial score (nSPS) is 12.5. The number of rotatable bonds is 2. The molecule has 1 unspecified atom stereocenters. The Hall–Kier alpha value is -1.42. The van der Waals surface area contributed by atoms with Crippen molar-refractivity contribution in [1.29, 1.82) is 0 Å². The second kappa shape index (κ2) is 3.32. The highest BCUT2D eigenvalue weighted by molar-refractivity contribution is 5.73. The molecule has 12 heavy (non-hydrogen) atoms. The lowest BCUT2D eigenvalue weighted by Crippen LogP contribution is -2.10. The number of nitrogens with zero attached hydrogens (tertiary/aromatic N) is 1. The first-order valence-corrected chi connectivity index (χ1v) is 3.43. The molecule has 0 aromatic carbocycles. The number of aliphatic carboxylic acids is 1. The van der Waals surface area contributed by atoms with Gasteiger partial charge in [-0.1, -0.05) is 0 Å². The van der Waals surface area contributed by atoms with Crippen LogP contribution in [0.1, 0.15) is 17.2 Å². The van der Waals surface area contributed by atoms with E-state index >= 15 is 0 Å². The van der Waals surface area contributed by atoms with Crippen molar-refractivity contribution in [1.82, 2.24) is 4.98 Å². The number of aliphatic hydroxyl groups excluding tert-OH is 1. The van der Waals surface area contributed by atoms with Crippen molar-refractivity contribution in [2.45, 2.75) is 13.0 Å². The van der Waals surface area contributed by atoms with Gasteiger partial charge in [0.15, 0.2) is 6.10 Å². The van der Waals surface area contributed by atoms with Gasteiger partial charge in [-0.05, 0) is 18.6 Å². The highest BCUT2D eigenvalue weighted by Crippen LogP contribution is 2.12. The van der Waals surface area contributed by atoms with E-state index in [0.29, 0.717) is 5.56 Å². The molecule has 0 aliphatic rings. The van der Waals surface area contributed by atoms with Gasteiger partial charge in [0.05, 0.1) is 0 Å². The lowest BCUT2D eigenvalue weighted by molar-refractivity contribution is -0.146. The number of hydrogen-bond donors (Lipinski definition) is 2. The van der Waals surface area contributed by atoms with Gasteiger partial charge in [0.2, 0.25) is 0 Å².